The van der Waals surface area contributed by atoms with Crippen LogP contribution in [0.3, 0.4) is 0 Å². The zero-order valence-corrected chi connectivity index (χ0v) is 14.0. The number of aliphatic hydroxyl groups is 2. The van der Waals surface area contributed by atoms with E-state index in [1.54, 1.807) is 7.05 Å². The average molecular weight is 366 g/mol. The number of rotatable bonds is 3. The molecule has 12 heteroatoms. The van der Waals surface area contributed by atoms with E-state index in [9.17, 15) is 19.8 Å². The molecule has 0 aliphatic carbocycles. The number of amides is 1. The summed E-state index contributed by atoms with van der Waals surface area (Å²) in [6, 6.07) is 0. The van der Waals surface area contributed by atoms with E-state index in [2.05, 4.69) is 20.3 Å². The maximum absolute atomic E-state index is 12.2. The third kappa shape index (κ3) is 2.42. The number of hydrogen-bond donors (Lipinski definition) is 4. The van der Waals surface area contributed by atoms with Crippen molar-refractivity contribution in [1.29, 1.82) is 0 Å². The Kier molecular flexibility index (Phi) is 3.82. The normalized spacial score (nSPS) is 31.5. The van der Waals surface area contributed by atoms with E-state index in [1.165, 1.54) is 22.9 Å². The second-order valence-electron chi connectivity index (χ2n) is 6.45. The SMILES string of the molecule is CC(=O)Nc1nc2c(ncn2[C@@H]2O[C@@]3(CO)CN(C)OC2[C@H]3O)c(=O)[nH]1. The van der Waals surface area contributed by atoms with Gasteiger partial charge < -0.3 is 14.9 Å². The lowest BCUT2D eigenvalue weighted by Gasteiger charge is -2.38. The summed E-state index contributed by atoms with van der Waals surface area (Å²) in [4.78, 5) is 39.7. The molecule has 2 aliphatic heterocycles. The Morgan fingerprint density at radius 2 is 2.35 bits per heavy atom. The Labute approximate surface area is 146 Å². The number of imidazole rings is 1. The number of anilines is 1. The lowest BCUT2D eigenvalue weighted by molar-refractivity contribution is -0.256. The summed E-state index contributed by atoms with van der Waals surface area (Å²) in [6.45, 7) is 1.04. The van der Waals surface area contributed by atoms with Crippen LogP contribution in [0.2, 0.25) is 0 Å². The van der Waals surface area contributed by atoms with Gasteiger partial charge in [-0.1, -0.05) is 0 Å². The molecule has 12 nitrogen and oxygen atoms in total. The molecule has 2 bridgehead atoms. The number of fused-ring (bicyclic) bond motifs is 3. The predicted octanol–water partition coefficient (Wildman–Crippen LogP) is -2.06. The van der Waals surface area contributed by atoms with Crippen LogP contribution in [-0.2, 0) is 14.4 Å². The van der Waals surface area contributed by atoms with Gasteiger partial charge in [0.2, 0.25) is 11.9 Å². The third-order valence-corrected chi connectivity index (χ3v) is 4.55. The fourth-order valence-corrected chi connectivity index (χ4v) is 3.43. The van der Waals surface area contributed by atoms with Gasteiger partial charge in [0.15, 0.2) is 23.5 Å². The van der Waals surface area contributed by atoms with Crippen molar-refractivity contribution in [2.45, 2.75) is 31.0 Å². The fourth-order valence-electron chi connectivity index (χ4n) is 3.43. The summed E-state index contributed by atoms with van der Waals surface area (Å²) in [5.41, 5.74) is -1.55. The molecule has 4 N–H and O–H groups in total. The first-order valence-corrected chi connectivity index (χ1v) is 7.94. The number of aliphatic hydroxyl groups excluding tert-OH is 2. The zero-order valence-electron chi connectivity index (χ0n) is 14.0. The number of aromatic nitrogens is 4. The Morgan fingerprint density at radius 3 is 3.04 bits per heavy atom. The third-order valence-electron chi connectivity index (χ3n) is 4.55. The molecule has 0 saturated carbocycles. The minimum absolute atomic E-state index is 0.0341. The molecule has 2 aromatic heterocycles. The Balaban J connectivity index is 1.81. The van der Waals surface area contributed by atoms with Crippen molar-refractivity contribution >= 4 is 23.0 Å². The molecule has 2 saturated heterocycles. The summed E-state index contributed by atoms with van der Waals surface area (Å²) < 4.78 is 7.38. The molecule has 0 aromatic carbocycles. The highest BCUT2D eigenvalue weighted by atomic mass is 16.7. The number of H-pyrrole nitrogens is 1. The van der Waals surface area contributed by atoms with Crippen molar-refractivity contribution in [3.63, 3.8) is 0 Å². The quantitative estimate of drug-likeness (QED) is 0.480. The van der Waals surface area contributed by atoms with Crippen LogP contribution in [0.15, 0.2) is 11.1 Å². The number of ether oxygens (including phenoxy) is 1. The molecule has 2 fully saturated rings. The number of carbonyl (C=O) groups is 1. The molecule has 4 rings (SSSR count). The molecule has 4 atom stereocenters. The van der Waals surface area contributed by atoms with Gasteiger partial charge in [-0.2, -0.15) is 10.0 Å². The zero-order chi connectivity index (χ0) is 18.6. The molecule has 2 aliphatic rings. The molecule has 1 unspecified atom stereocenters. The van der Waals surface area contributed by atoms with Gasteiger partial charge in [-0.05, 0) is 0 Å². The molecule has 140 valence electrons. The minimum Gasteiger partial charge on any atom is -0.393 e. The van der Waals surface area contributed by atoms with Crippen LogP contribution in [0.25, 0.3) is 11.2 Å². The van der Waals surface area contributed by atoms with Gasteiger partial charge in [-0.15, -0.1) is 0 Å². The first-order valence-electron chi connectivity index (χ1n) is 7.94. The van der Waals surface area contributed by atoms with Gasteiger partial charge >= 0.3 is 0 Å². The highest BCUT2D eigenvalue weighted by Crippen LogP contribution is 2.43. The molecule has 2 aromatic rings. The van der Waals surface area contributed by atoms with Crippen LogP contribution in [0.5, 0.6) is 0 Å². The Morgan fingerprint density at radius 1 is 1.58 bits per heavy atom. The Bertz CT molecular complexity index is 926. The maximum atomic E-state index is 12.2. The summed E-state index contributed by atoms with van der Waals surface area (Å²) in [6.07, 6.45) is -1.44. The van der Waals surface area contributed by atoms with Crippen molar-refractivity contribution in [3.8, 4) is 0 Å². The summed E-state index contributed by atoms with van der Waals surface area (Å²) in [5, 5.41) is 24.2. The van der Waals surface area contributed by atoms with Gasteiger partial charge in [0.25, 0.3) is 5.56 Å². The van der Waals surface area contributed by atoms with Crippen LogP contribution in [0, 0.1) is 0 Å². The highest BCUT2D eigenvalue weighted by Gasteiger charge is 2.60. The second kappa shape index (κ2) is 5.82. The second-order valence-corrected chi connectivity index (χ2v) is 6.45. The smallest absolute Gasteiger partial charge is 0.280 e. The van der Waals surface area contributed by atoms with E-state index in [0.29, 0.717) is 0 Å². The van der Waals surface area contributed by atoms with E-state index in [0.717, 1.165) is 0 Å². The van der Waals surface area contributed by atoms with E-state index in [4.69, 9.17) is 9.57 Å². The number of nitrogens with one attached hydrogen (secondary N) is 2. The van der Waals surface area contributed by atoms with Crippen LogP contribution in [0.4, 0.5) is 5.95 Å². The van der Waals surface area contributed by atoms with Crippen molar-refractivity contribution in [1.82, 2.24) is 24.6 Å². The molecular formula is C14H18N6O6. The number of likely N-dealkylation sites (N-methyl/N-ethyl adjacent to an activating group) is 1. The molecule has 0 radical (unpaired) electrons. The van der Waals surface area contributed by atoms with Crippen LogP contribution in [-0.4, -0.2) is 78.7 Å². The van der Waals surface area contributed by atoms with Gasteiger partial charge in [0.1, 0.15) is 11.7 Å². The molecule has 0 spiro atoms. The van der Waals surface area contributed by atoms with Gasteiger partial charge in [-0.25, -0.2) is 4.98 Å². The van der Waals surface area contributed by atoms with Gasteiger partial charge in [0, 0.05) is 14.0 Å². The lowest BCUT2D eigenvalue weighted by Crippen LogP contribution is -2.58. The minimum atomic E-state index is -1.22. The van der Waals surface area contributed by atoms with E-state index < -0.39 is 42.1 Å². The molecule has 1 amide bonds. The Hall–Kier alpha value is -2.38. The predicted molar refractivity (Wildman–Crippen MR) is 85.9 cm³/mol. The summed E-state index contributed by atoms with van der Waals surface area (Å²) >= 11 is 0. The maximum Gasteiger partial charge on any atom is 0.280 e. The van der Waals surface area contributed by atoms with Crippen molar-refractivity contribution in [3.05, 3.63) is 16.7 Å². The molecular weight excluding hydrogens is 348 g/mol. The van der Waals surface area contributed by atoms with Crippen molar-refractivity contribution in [2.75, 3.05) is 25.5 Å². The summed E-state index contributed by atoms with van der Waals surface area (Å²) in [5.74, 6) is -0.431. The highest BCUT2D eigenvalue weighted by molar-refractivity contribution is 5.87. The van der Waals surface area contributed by atoms with Crippen LogP contribution < -0.4 is 10.9 Å². The fraction of sp³-hybridized carbons (Fsp3) is 0.571. The first kappa shape index (κ1) is 17.1. The van der Waals surface area contributed by atoms with E-state index in [1.807, 2.05) is 0 Å². The van der Waals surface area contributed by atoms with E-state index >= 15 is 0 Å². The monoisotopic (exact) mass is 366 g/mol. The number of carbonyl (C=O) groups excluding carboxylic acids is 1. The van der Waals surface area contributed by atoms with Crippen LogP contribution >= 0.6 is 0 Å². The van der Waals surface area contributed by atoms with Crippen molar-refractivity contribution < 1.29 is 24.6 Å². The first-order chi connectivity index (χ1) is 12.3. The van der Waals surface area contributed by atoms with Crippen molar-refractivity contribution in [2.24, 2.45) is 0 Å². The standard InChI is InChI=1S/C14H18N6O6/c1-6(22)16-13-17-10-7(11(24)18-13)15-5-20(10)12-8-9(23)14(4-21,25-12)3-19(2)26-8/h5,8-9,12,21,23H,3-4H2,1-2H3,(H2,16,17,18,22,24)/t8?,9-,12-,14-/m1/s1. The van der Waals surface area contributed by atoms with Gasteiger partial charge in [-0.3, -0.25) is 29.3 Å². The topological polar surface area (TPSA) is 155 Å². The summed E-state index contributed by atoms with van der Waals surface area (Å²) in [7, 11) is 1.67. The largest absolute Gasteiger partial charge is 0.393 e. The average Bonchev–Trinajstić information content (AvgIpc) is 3.04. The number of hydrogen-bond acceptors (Lipinski definition) is 9. The number of hydroxylamine groups is 2. The molecule has 4 heterocycles. The van der Waals surface area contributed by atoms with Gasteiger partial charge in [0.05, 0.1) is 19.5 Å². The molecule has 26 heavy (non-hydrogen) atoms. The van der Waals surface area contributed by atoms with Crippen LogP contribution in [0.1, 0.15) is 13.2 Å². The van der Waals surface area contributed by atoms with E-state index in [-0.39, 0.29) is 23.7 Å². The lowest BCUT2D eigenvalue weighted by atomic mass is 9.94. The number of nitrogens with zero attached hydrogens (tertiary/aromatic N) is 4. The number of aromatic amines is 1.